The van der Waals surface area contributed by atoms with E-state index in [1.54, 1.807) is 0 Å². The van der Waals surface area contributed by atoms with E-state index in [-0.39, 0.29) is 0 Å². The summed E-state index contributed by atoms with van der Waals surface area (Å²) in [5.74, 6) is 2.77. The largest absolute Gasteiger partial charge is 0.309 e. The fourth-order valence-corrected chi connectivity index (χ4v) is 3.95. The van der Waals surface area contributed by atoms with E-state index in [0.717, 1.165) is 16.9 Å². The second kappa shape index (κ2) is 7.19. The van der Waals surface area contributed by atoms with Gasteiger partial charge < -0.3 is 4.90 Å². The molecule has 0 amide bonds. The summed E-state index contributed by atoms with van der Waals surface area (Å²) in [5, 5.41) is 4.85. The molecule has 0 aromatic heterocycles. The van der Waals surface area contributed by atoms with Gasteiger partial charge in [-0.25, -0.2) is 0 Å². The second-order valence-electron chi connectivity index (χ2n) is 7.03. The molecule has 1 nitrogen and oxygen atoms in total. The van der Waals surface area contributed by atoms with Crippen LogP contribution < -0.4 is 4.90 Å². The predicted molar refractivity (Wildman–Crippen MR) is 124 cm³/mol. The third kappa shape index (κ3) is 3.02. The van der Waals surface area contributed by atoms with Crippen molar-refractivity contribution in [2.24, 2.45) is 0 Å². The van der Waals surface area contributed by atoms with Gasteiger partial charge in [-0.15, -0.1) is 6.42 Å². The molecule has 0 saturated heterocycles. The summed E-state index contributed by atoms with van der Waals surface area (Å²) in [6.45, 7) is 0. The summed E-state index contributed by atoms with van der Waals surface area (Å²) in [6.07, 6.45) is 5.71. The molecule has 5 aromatic carbocycles. The zero-order valence-corrected chi connectivity index (χ0v) is 15.9. The van der Waals surface area contributed by atoms with Crippen LogP contribution in [0.25, 0.3) is 21.5 Å². The van der Waals surface area contributed by atoms with Gasteiger partial charge in [-0.2, -0.15) is 0 Å². The Labute approximate surface area is 170 Å². The Balaban J connectivity index is 1.92. The maximum atomic E-state index is 5.71. The Morgan fingerprint density at radius 2 is 1.14 bits per heavy atom. The zero-order chi connectivity index (χ0) is 19.6. The van der Waals surface area contributed by atoms with E-state index < -0.39 is 0 Å². The van der Waals surface area contributed by atoms with Crippen molar-refractivity contribution in [2.45, 2.75) is 0 Å². The molecule has 0 aliphatic carbocycles. The van der Waals surface area contributed by atoms with E-state index in [9.17, 15) is 0 Å². The Bertz CT molecular complexity index is 1310. The minimum absolute atomic E-state index is 0.868. The number of anilines is 3. The monoisotopic (exact) mass is 369 g/mol. The SMILES string of the molecule is C#Cc1cccc(N(c2ccccc2)c2c3ccccc3cc3ccccc23)c1. The van der Waals surface area contributed by atoms with Crippen LogP contribution in [0.2, 0.25) is 0 Å². The molecule has 0 aliphatic heterocycles. The van der Waals surface area contributed by atoms with Crippen LogP contribution in [-0.4, -0.2) is 0 Å². The van der Waals surface area contributed by atoms with Crippen molar-refractivity contribution in [1.82, 2.24) is 0 Å². The molecule has 0 N–H and O–H groups in total. The first-order chi connectivity index (χ1) is 14.3. The summed E-state index contributed by atoms with van der Waals surface area (Å²) in [7, 11) is 0. The maximum Gasteiger partial charge on any atom is 0.0618 e. The van der Waals surface area contributed by atoms with Crippen LogP contribution in [0, 0.1) is 12.3 Å². The Hall–Kier alpha value is -4.02. The summed E-state index contributed by atoms with van der Waals surface area (Å²) in [5.41, 5.74) is 4.18. The molecule has 5 rings (SSSR count). The second-order valence-corrected chi connectivity index (χ2v) is 7.03. The van der Waals surface area contributed by atoms with E-state index in [2.05, 4.69) is 102 Å². The third-order valence-electron chi connectivity index (χ3n) is 5.25. The molecule has 0 spiro atoms. The number of terminal acetylenes is 1. The van der Waals surface area contributed by atoms with E-state index in [1.165, 1.54) is 27.2 Å². The van der Waals surface area contributed by atoms with Gasteiger partial charge in [0.25, 0.3) is 0 Å². The normalized spacial score (nSPS) is 10.7. The highest BCUT2D eigenvalue weighted by atomic mass is 15.1. The molecule has 5 aromatic rings. The van der Waals surface area contributed by atoms with E-state index in [1.807, 2.05) is 18.2 Å². The van der Waals surface area contributed by atoms with E-state index >= 15 is 0 Å². The highest BCUT2D eigenvalue weighted by molar-refractivity contribution is 6.14. The first kappa shape index (κ1) is 17.1. The van der Waals surface area contributed by atoms with Crippen molar-refractivity contribution < 1.29 is 0 Å². The van der Waals surface area contributed by atoms with Gasteiger partial charge in [0.1, 0.15) is 0 Å². The Morgan fingerprint density at radius 1 is 0.552 bits per heavy atom. The fraction of sp³-hybridized carbons (Fsp3) is 0. The molecular formula is C28H19N. The van der Waals surface area contributed by atoms with Crippen LogP contribution in [0.3, 0.4) is 0 Å². The third-order valence-corrected chi connectivity index (χ3v) is 5.25. The lowest BCUT2D eigenvalue weighted by atomic mass is 9.99. The number of rotatable bonds is 3. The summed E-state index contributed by atoms with van der Waals surface area (Å²) < 4.78 is 0. The smallest absolute Gasteiger partial charge is 0.0618 e. The Morgan fingerprint density at radius 3 is 1.79 bits per heavy atom. The van der Waals surface area contributed by atoms with Gasteiger partial charge in [-0.3, -0.25) is 0 Å². The number of hydrogen-bond donors (Lipinski definition) is 0. The van der Waals surface area contributed by atoms with Gasteiger partial charge in [-0.05, 0) is 47.2 Å². The van der Waals surface area contributed by atoms with Crippen LogP contribution in [-0.2, 0) is 0 Å². The van der Waals surface area contributed by atoms with E-state index in [0.29, 0.717) is 0 Å². The van der Waals surface area contributed by atoms with Crippen LogP contribution in [0.15, 0.2) is 109 Å². The van der Waals surface area contributed by atoms with Gasteiger partial charge in [-0.1, -0.05) is 78.7 Å². The minimum atomic E-state index is 0.868. The fourth-order valence-electron chi connectivity index (χ4n) is 3.95. The molecule has 0 aliphatic rings. The minimum Gasteiger partial charge on any atom is -0.309 e. The number of fused-ring (bicyclic) bond motifs is 2. The number of benzene rings is 5. The highest BCUT2D eigenvalue weighted by Gasteiger charge is 2.18. The van der Waals surface area contributed by atoms with Gasteiger partial charge in [0, 0.05) is 27.7 Å². The van der Waals surface area contributed by atoms with Crippen molar-refractivity contribution in [1.29, 1.82) is 0 Å². The standard InChI is InChI=1S/C28H19N/c1-2-21-11-10-16-25(19-21)29(24-14-4-3-5-15-24)28-26-17-8-6-12-22(26)20-23-13-7-9-18-27(23)28/h1,3-20H. The maximum absolute atomic E-state index is 5.71. The van der Waals surface area contributed by atoms with Crippen molar-refractivity contribution in [3.05, 3.63) is 115 Å². The molecule has 0 unspecified atom stereocenters. The number of nitrogens with zero attached hydrogens (tertiary/aromatic N) is 1. The Kier molecular flexibility index (Phi) is 4.24. The summed E-state index contributed by atoms with van der Waals surface area (Å²) in [4.78, 5) is 2.31. The molecule has 0 atom stereocenters. The summed E-state index contributed by atoms with van der Waals surface area (Å²) >= 11 is 0. The van der Waals surface area contributed by atoms with Gasteiger partial charge in [0.05, 0.1) is 5.69 Å². The summed E-state index contributed by atoms with van der Waals surface area (Å²) in [6, 6.07) is 38.0. The van der Waals surface area contributed by atoms with Crippen LogP contribution >= 0.6 is 0 Å². The van der Waals surface area contributed by atoms with Crippen LogP contribution in [0.1, 0.15) is 5.56 Å². The molecule has 136 valence electrons. The van der Waals surface area contributed by atoms with Gasteiger partial charge in [0.2, 0.25) is 0 Å². The highest BCUT2D eigenvalue weighted by Crippen LogP contribution is 2.43. The van der Waals surface area contributed by atoms with Crippen LogP contribution in [0.4, 0.5) is 17.1 Å². The molecule has 0 heterocycles. The average Bonchev–Trinajstić information content (AvgIpc) is 2.80. The van der Waals surface area contributed by atoms with Gasteiger partial charge in [0.15, 0.2) is 0 Å². The number of para-hydroxylation sites is 1. The van der Waals surface area contributed by atoms with Crippen molar-refractivity contribution in [3.8, 4) is 12.3 Å². The lowest BCUT2D eigenvalue weighted by Gasteiger charge is -2.28. The van der Waals surface area contributed by atoms with Crippen molar-refractivity contribution in [3.63, 3.8) is 0 Å². The number of hydrogen-bond acceptors (Lipinski definition) is 1. The lowest BCUT2D eigenvalue weighted by Crippen LogP contribution is -2.11. The molecule has 1 heteroatoms. The molecular weight excluding hydrogens is 350 g/mol. The quantitative estimate of drug-likeness (QED) is 0.236. The van der Waals surface area contributed by atoms with Gasteiger partial charge >= 0.3 is 0 Å². The molecule has 0 bridgehead atoms. The molecule has 0 fully saturated rings. The molecule has 0 saturated carbocycles. The predicted octanol–water partition coefficient (Wildman–Crippen LogP) is 7.44. The first-order valence-corrected chi connectivity index (χ1v) is 9.67. The topological polar surface area (TPSA) is 3.24 Å². The lowest BCUT2D eigenvalue weighted by molar-refractivity contribution is 1.31. The molecule has 0 radical (unpaired) electrons. The zero-order valence-electron chi connectivity index (χ0n) is 15.9. The molecule has 29 heavy (non-hydrogen) atoms. The first-order valence-electron chi connectivity index (χ1n) is 9.67. The van der Waals surface area contributed by atoms with Crippen molar-refractivity contribution in [2.75, 3.05) is 4.90 Å². The van der Waals surface area contributed by atoms with E-state index in [4.69, 9.17) is 6.42 Å². The van der Waals surface area contributed by atoms with Crippen LogP contribution in [0.5, 0.6) is 0 Å². The van der Waals surface area contributed by atoms with Crippen molar-refractivity contribution >= 4 is 38.6 Å². The average molecular weight is 369 g/mol.